The average molecular weight is 515 g/mol. The molecule has 0 saturated heterocycles. The maximum atomic E-state index is 2.41. The minimum absolute atomic E-state index is 1.25. The number of fused-ring (bicyclic) bond motifs is 3. The van der Waals surface area contributed by atoms with E-state index in [4.69, 9.17) is 0 Å². The van der Waals surface area contributed by atoms with Crippen LogP contribution < -0.4 is 0 Å². The van der Waals surface area contributed by atoms with Crippen LogP contribution in [0.3, 0.4) is 0 Å². The summed E-state index contributed by atoms with van der Waals surface area (Å²) >= 11 is 0. The molecule has 0 bridgehead atoms. The smallest absolute Gasteiger partial charge is 0.00262 e. The lowest BCUT2D eigenvalue weighted by molar-refractivity contribution is 1.42. The van der Waals surface area contributed by atoms with E-state index < -0.39 is 0 Å². The highest BCUT2D eigenvalue weighted by atomic mass is 14.2. The lowest BCUT2D eigenvalue weighted by atomic mass is 9.84. The molecular weight excluding hydrogens is 480 g/mol. The Morgan fingerprint density at radius 3 is 1.38 bits per heavy atom. The first kappa shape index (κ1) is 25.6. The van der Waals surface area contributed by atoms with Gasteiger partial charge in [-0.05, 0) is 103 Å². The second-order valence-corrected chi connectivity index (χ2v) is 10.3. The summed E-state index contributed by atoms with van der Waals surface area (Å²) < 4.78 is 0. The molecule has 0 unspecified atom stereocenters. The van der Waals surface area contributed by atoms with Crippen molar-refractivity contribution in [3.63, 3.8) is 0 Å². The molecule has 0 saturated carbocycles. The molecule has 0 heterocycles. The van der Waals surface area contributed by atoms with E-state index in [1.807, 2.05) is 13.8 Å². The standard InChI is InChI=1S/C38H28.C2H6/c1-25-20-21-30(24-35(25)36-23-29-15-7-6-14-28(29)22-26(36)2)38-33-18-10-8-16-31(33)37(27-12-4-3-5-13-27)32-17-9-11-19-34(32)38;1-2/h3-24H,1-2H3;1-2H3. The number of aryl methyl sites for hydroxylation is 2. The Bertz CT molecular complexity index is 1920. The van der Waals surface area contributed by atoms with Crippen LogP contribution in [-0.4, -0.2) is 0 Å². The minimum atomic E-state index is 1.25. The zero-order valence-corrected chi connectivity index (χ0v) is 23.7. The number of hydrogen-bond acceptors (Lipinski definition) is 0. The van der Waals surface area contributed by atoms with Crippen molar-refractivity contribution in [2.24, 2.45) is 0 Å². The third-order valence-electron chi connectivity index (χ3n) is 7.90. The van der Waals surface area contributed by atoms with E-state index in [1.54, 1.807) is 0 Å². The molecule has 0 N–H and O–H groups in total. The first-order valence-corrected chi connectivity index (χ1v) is 14.3. The van der Waals surface area contributed by atoms with E-state index in [1.165, 1.54) is 76.8 Å². The van der Waals surface area contributed by atoms with Crippen molar-refractivity contribution < 1.29 is 0 Å². The molecule has 0 radical (unpaired) electrons. The van der Waals surface area contributed by atoms with Crippen molar-refractivity contribution in [1.82, 2.24) is 0 Å². The Kier molecular flexibility index (Phi) is 6.93. The van der Waals surface area contributed by atoms with Gasteiger partial charge in [-0.15, -0.1) is 0 Å². The summed E-state index contributed by atoms with van der Waals surface area (Å²) in [6.45, 7) is 8.45. The molecule has 0 amide bonds. The molecule has 0 spiro atoms. The maximum absolute atomic E-state index is 2.41. The molecule has 194 valence electrons. The Balaban J connectivity index is 0.00000142. The Morgan fingerprint density at radius 1 is 0.350 bits per heavy atom. The van der Waals surface area contributed by atoms with E-state index in [0.29, 0.717) is 0 Å². The lowest BCUT2D eigenvalue weighted by Gasteiger charge is -2.19. The van der Waals surface area contributed by atoms with Crippen LogP contribution in [0.4, 0.5) is 0 Å². The van der Waals surface area contributed by atoms with Gasteiger partial charge in [-0.1, -0.05) is 135 Å². The predicted molar refractivity (Wildman–Crippen MR) is 176 cm³/mol. The Morgan fingerprint density at radius 2 is 0.800 bits per heavy atom. The zero-order chi connectivity index (χ0) is 27.6. The van der Waals surface area contributed by atoms with Gasteiger partial charge in [0.05, 0.1) is 0 Å². The predicted octanol–water partition coefficient (Wildman–Crippen LogP) is 11.8. The Hall–Kier alpha value is -4.68. The third kappa shape index (κ3) is 4.36. The van der Waals surface area contributed by atoms with Gasteiger partial charge in [0, 0.05) is 0 Å². The molecule has 0 aliphatic carbocycles. The number of benzene rings is 7. The average Bonchev–Trinajstić information content (AvgIpc) is 3.01. The van der Waals surface area contributed by atoms with Crippen molar-refractivity contribution in [3.8, 4) is 33.4 Å². The fourth-order valence-corrected chi connectivity index (χ4v) is 6.07. The van der Waals surface area contributed by atoms with Gasteiger partial charge >= 0.3 is 0 Å². The van der Waals surface area contributed by atoms with Gasteiger partial charge in [0.1, 0.15) is 0 Å². The van der Waals surface area contributed by atoms with Gasteiger partial charge in [0.25, 0.3) is 0 Å². The monoisotopic (exact) mass is 514 g/mol. The summed E-state index contributed by atoms with van der Waals surface area (Å²) in [6, 6.07) is 48.9. The summed E-state index contributed by atoms with van der Waals surface area (Å²) in [5.74, 6) is 0. The molecule has 0 nitrogen and oxygen atoms in total. The van der Waals surface area contributed by atoms with Crippen LogP contribution in [0.2, 0.25) is 0 Å². The van der Waals surface area contributed by atoms with Gasteiger partial charge in [0.15, 0.2) is 0 Å². The van der Waals surface area contributed by atoms with Crippen molar-refractivity contribution >= 4 is 32.3 Å². The van der Waals surface area contributed by atoms with Gasteiger partial charge in [-0.2, -0.15) is 0 Å². The molecule has 0 aromatic heterocycles. The van der Waals surface area contributed by atoms with Crippen LogP contribution >= 0.6 is 0 Å². The second-order valence-electron chi connectivity index (χ2n) is 10.3. The molecule has 40 heavy (non-hydrogen) atoms. The van der Waals surface area contributed by atoms with E-state index >= 15 is 0 Å². The lowest BCUT2D eigenvalue weighted by Crippen LogP contribution is -1.93. The molecule has 0 heteroatoms. The van der Waals surface area contributed by atoms with Crippen LogP contribution in [-0.2, 0) is 0 Å². The van der Waals surface area contributed by atoms with Crippen molar-refractivity contribution in [2.75, 3.05) is 0 Å². The number of hydrogen-bond donors (Lipinski definition) is 0. The SMILES string of the molecule is CC.Cc1ccc(-c2c3ccccc3c(-c3ccccc3)c3ccccc23)cc1-c1cc2ccccc2cc1C. The normalized spacial score (nSPS) is 11.0. The van der Waals surface area contributed by atoms with Crippen LogP contribution in [0.15, 0.2) is 133 Å². The third-order valence-corrected chi connectivity index (χ3v) is 7.90. The molecule has 0 atom stereocenters. The van der Waals surface area contributed by atoms with Crippen LogP contribution in [0.5, 0.6) is 0 Å². The van der Waals surface area contributed by atoms with E-state index in [9.17, 15) is 0 Å². The highest BCUT2D eigenvalue weighted by Gasteiger charge is 2.17. The van der Waals surface area contributed by atoms with Gasteiger partial charge in [-0.3, -0.25) is 0 Å². The van der Waals surface area contributed by atoms with Crippen molar-refractivity contribution in [1.29, 1.82) is 0 Å². The highest BCUT2D eigenvalue weighted by Crippen LogP contribution is 2.44. The maximum Gasteiger partial charge on any atom is -0.00262 e. The molecule has 7 rings (SSSR count). The molecule has 7 aromatic carbocycles. The molecule has 0 aliphatic rings. The first-order valence-electron chi connectivity index (χ1n) is 14.3. The van der Waals surface area contributed by atoms with Crippen molar-refractivity contribution in [2.45, 2.75) is 27.7 Å². The van der Waals surface area contributed by atoms with Gasteiger partial charge in [0.2, 0.25) is 0 Å². The summed E-state index contributed by atoms with van der Waals surface area (Å²) in [4.78, 5) is 0. The summed E-state index contributed by atoms with van der Waals surface area (Å²) in [5, 5.41) is 7.72. The summed E-state index contributed by atoms with van der Waals surface area (Å²) in [6.07, 6.45) is 0. The fraction of sp³-hybridized carbons (Fsp3) is 0.100. The highest BCUT2D eigenvalue weighted by molar-refractivity contribution is 6.21. The minimum Gasteiger partial charge on any atom is -0.0683 e. The quantitative estimate of drug-likeness (QED) is 0.206. The largest absolute Gasteiger partial charge is 0.0683 e. The molecule has 0 fully saturated rings. The molecule has 0 aliphatic heterocycles. The van der Waals surface area contributed by atoms with E-state index in [0.717, 1.165) is 0 Å². The summed E-state index contributed by atoms with van der Waals surface area (Å²) in [7, 11) is 0. The number of rotatable bonds is 3. The van der Waals surface area contributed by atoms with E-state index in [2.05, 4.69) is 147 Å². The van der Waals surface area contributed by atoms with Gasteiger partial charge in [-0.25, -0.2) is 0 Å². The molecule has 7 aromatic rings. The zero-order valence-electron chi connectivity index (χ0n) is 23.7. The van der Waals surface area contributed by atoms with Crippen molar-refractivity contribution in [3.05, 3.63) is 145 Å². The van der Waals surface area contributed by atoms with Crippen LogP contribution in [0.25, 0.3) is 65.7 Å². The first-order chi connectivity index (χ1) is 19.7. The van der Waals surface area contributed by atoms with Gasteiger partial charge < -0.3 is 0 Å². The van der Waals surface area contributed by atoms with E-state index in [-0.39, 0.29) is 0 Å². The summed E-state index contributed by atoms with van der Waals surface area (Å²) in [5.41, 5.74) is 10.3. The second kappa shape index (κ2) is 10.8. The topological polar surface area (TPSA) is 0 Å². The Labute approximate surface area is 237 Å². The fourth-order valence-electron chi connectivity index (χ4n) is 6.07. The van der Waals surface area contributed by atoms with Crippen LogP contribution in [0.1, 0.15) is 25.0 Å². The van der Waals surface area contributed by atoms with Crippen LogP contribution in [0, 0.1) is 13.8 Å². The molecular formula is C40H34.